The number of benzene rings is 1. The molecular weight excluding hydrogens is 288 g/mol. The van der Waals surface area contributed by atoms with Gasteiger partial charge in [0.15, 0.2) is 0 Å². The van der Waals surface area contributed by atoms with E-state index in [1.165, 1.54) is 30.2 Å². The van der Waals surface area contributed by atoms with Gasteiger partial charge in [0.25, 0.3) is 5.91 Å². The molecule has 1 aliphatic rings. The summed E-state index contributed by atoms with van der Waals surface area (Å²) in [6.07, 6.45) is 7.65. The lowest BCUT2D eigenvalue weighted by atomic mass is 10.1. The molecule has 1 aromatic carbocycles. The van der Waals surface area contributed by atoms with E-state index in [9.17, 15) is 4.79 Å². The normalized spacial score (nSPS) is 14.7. The first-order chi connectivity index (χ1) is 11.2. The molecule has 1 saturated carbocycles. The number of aromatic nitrogens is 2. The molecule has 2 aromatic rings. The number of carbonyl (C=O) groups excluding carboxylic acids is 1. The average molecular weight is 310 g/mol. The van der Waals surface area contributed by atoms with Crippen molar-refractivity contribution in [3.63, 3.8) is 0 Å². The zero-order valence-corrected chi connectivity index (χ0v) is 13.4. The summed E-state index contributed by atoms with van der Waals surface area (Å²) in [6, 6.07) is 8.63. The Bertz CT molecular complexity index is 646. The molecule has 0 bridgehead atoms. The fourth-order valence-electron chi connectivity index (χ4n) is 2.76. The maximum Gasteiger partial charge on any atom is 0.271 e. The van der Waals surface area contributed by atoms with Crippen LogP contribution in [0.5, 0.6) is 0 Å². The molecule has 2 N–H and O–H groups in total. The first kappa shape index (κ1) is 15.5. The van der Waals surface area contributed by atoms with E-state index in [2.05, 4.69) is 51.8 Å². The minimum atomic E-state index is -0.130. The number of hydrogen-bond acceptors (Lipinski definition) is 4. The molecule has 120 valence electrons. The Labute approximate surface area is 136 Å². The number of nitrogens with zero attached hydrogens (tertiary/aromatic N) is 2. The van der Waals surface area contributed by atoms with Crippen molar-refractivity contribution in [3.8, 4) is 0 Å². The molecule has 1 aliphatic carbocycles. The summed E-state index contributed by atoms with van der Waals surface area (Å²) in [5.41, 5.74) is 2.80. The second-order valence-corrected chi connectivity index (χ2v) is 6.08. The van der Waals surface area contributed by atoms with Crippen LogP contribution in [0.2, 0.25) is 0 Å². The van der Waals surface area contributed by atoms with Crippen LogP contribution in [0.1, 0.15) is 47.3 Å². The Morgan fingerprint density at radius 3 is 2.52 bits per heavy atom. The van der Waals surface area contributed by atoms with Gasteiger partial charge in [0.1, 0.15) is 11.5 Å². The van der Waals surface area contributed by atoms with Gasteiger partial charge in [0.2, 0.25) is 0 Å². The van der Waals surface area contributed by atoms with Gasteiger partial charge in [0.05, 0.1) is 12.4 Å². The Balaban J connectivity index is 1.53. The van der Waals surface area contributed by atoms with Gasteiger partial charge in [-0.3, -0.25) is 4.79 Å². The molecule has 0 aliphatic heterocycles. The van der Waals surface area contributed by atoms with Crippen LogP contribution >= 0.6 is 0 Å². The maximum absolute atomic E-state index is 12.1. The molecule has 1 heterocycles. The van der Waals surface area contributed by atoms with E-state index < -0.39 is 0 Å². The van der Waals surface area contributed by atoms with Gasteiger partial charge < -0.3 is 10.6 Å². The van der Waals surface area contributed by atoms with Crippen molar-refractivity contribution in [3.05, 3.63) is 53.5 Å². The van der Waals surface area contributed by atoms with E-state index in [4.69, 9.17) is 0 Å². The molecule has 0 unspecified atom stereocenters. The maximum atomic E-state index is 12.1. The SMILES string of the molecule is Cc1ccc(CNc2cnc(C(=O)NC3CCCC3)cn2)cc1. The average Bonchev–Trinajstić information content (AvgIpc) is 3.08. The highest BCUT2D eigenvalue weighted by Crippen LogP contribution is 2.18. The van der Waals surface area contributed by atoms with Crippen LogP contribution in [0.15, 0.2) is 36.7 Å². The zero-order valence-electron chi connectivity index (χ0n) is 13.4. The second kappa shape index (κ2) is 7.22. The minimum absolute atomic E-state index is 0.130. The smallest absolute Gasteiger partial charge is 0.271 e. The van der Waals surface area contributed by atoms with Crippen molar-refractivity contribution in [2.45, 2.75) is 45.2 Å². The van der Waals surface area contributed by atoms with Crippen LogP contribution in [0.3, 0.4) is 0 Å². The summed E-state index contributed by atoms with van der Waals surface area (Å²) < 4.78 is 0. The van der Waals surface area contributed by atoms with E-state index in [1.807, 2.05) is 0 Å². The Hall–Kier alpha value is -2.43. The van der Waals surface area contributed by atoms with Gasteiger partial charge in [-0.2, -0.15) is 0 Å². The summed E-state index contributed by atoms with van der Waals surface area (Å²) in [5.74, 6) is 0.539. The van der Waals surface area contributed by atoms with Gasteiger partial charge in [-0.25, -0.2) is 9.97 Å². The predicted molar refractivity (Wildman–Crippen MR) is 90.3 cm³/mol. The molecule has 5 nitrogen and oxygen atoms in total. The van der Waals surface area contributed by atoms with E-state index in [1.54, 1.807) is 6.20 Å². The minimum Gasteiger partial charge on any atom is -0.365 e. The lowest BCUT2D eigenvalue weighted by Gasteiger charge is -2.11. The van der Waals surface area contributed by atoms with Gasteiger partial charge in [-0.15, -0.1) is 0 Å². The third kappa shape index (κ3) is 4.28. The number of carbonyl (C=O) groups is 1. The molecule has 3 rings (SSSR count). The van der Waals surface area contributed by atoms with Crippen molar-refractivity contribution >= 4 is 11.7 Å². The van der Waals surface area contributed by atoms with Crippen molar-refractivity contribution in [2.75, 3.05) is 5.32 Å². The Kier molecular flexibility index (Phi) is 4.86. The zero-order chi connectivity index (χ0) is 16.1. The van der Waals surface area contributed by atoms with Crippen molar-refractivity contribution in [2.24, 2.45) is 0 Å². The molecule has 23 heavy (non-hydrogen) atoms. The van der Waals surface area contributed by atoms with Crippen molar-refractivity contribution in [1.82, 2.24) is 15.3 Å². The Morgan fingerprint density at radius 1 is 1.13 bits per heavy atom. The predicted octanol–water partition coefficient (Wildman–Crippen LogP) is 3.07. The number of hydrogen-bond donors (Lipinski definition) is 2. The highest BCUT2D eigenvalue weighted by Gasteiger charge is 2.18. The van der Waals surface area contributed by atoms with E-state index in [-0.39, 0.29) is 5.91 Å². The van der Waals surface area contributed by atoms with Crippen molar-refractivity contribution < 1.29 is 4.79 Å². The molecule has 0 saturated heterocycles. The molecular formula is C18H22N4O. The topological polar surface area (TPSA) is 66.9 Å². The molecule has 0 spiro atoms. The van der Waals surface area contributed by atoms with Crippen LogP contribution in [0.25, 0.3) is 0 Å². The molecule has 5 heteroatoms. The summed E-state index contributed by atoms with van der Waals surface area (Å²) in [5, 5.41) is 6.23. The molecule has 0 radical (unpaired) electrons. The number of aryl methyl sites for hydroxylation is 1. The largest absolute Gasteiger partial charge is 0.365 e. The highest BCUT2D eigenvalue weighted by atomic mass is 16.1. The standard InChI is InChI=1S/C18H22N4O/c1-13-6-8-14(9-7-13)10-20-17-12-19-16(11-21-17)18(23)22-15-4-2-3-5-15/h6-9,11-12,15H,2-5,10H2,1H3,(H,20,21)(H,22,23). The van der Waals surface area contributed by atoms with E-state index in [0.29, 0.717) is 24.1 Å². The molecule has 1 fully saturated rings. The monoisotopic (exact) mass is 310 g/mol. The molecule has 1 aromatic heterocycles. The van der Waals surface area contributed by atoms with Crippen LogP contribution in [0.4, 0.5) is 5.82 Å². The van der Waals surface area contributed by atoms with E-state index >= 15 is 0 Å². The molecule has 0 atom stereocenters. The summed E-state index contributed by atoms with van der Waals surface area (Å²) >= 11 is 0. The van der Waals surface area contributed by atoms with Crippen LogP contribution < -0.4 is 10.6 Å². The first-order valence-corrected chi connectivity index (χ1v) is 8.13. The summed E-state index contributed by atoms with van der Waals surface area (Å²) in [4.78, 5) is 20.6. The van der Waals surface area contributed by atoms with Gasteiger partial charge in [-0.05, 0) is 25.3 Å². The summed E-state index contributed by atoms with van der Waals surface area (Å²) in [6.45, 7) is 2.75. The quantitative estimate of drug-likeness (QED) is 0.890. The van der Waals surface area contributed by atoms with Gasteiger partial charge in [-0.1, -0.05) is 42.7 Å². The fourth-order valence-corrected chi connectivity index (χ4v) is 2.76. The van der Waals surface area contributed by atoms with E-state index in [0.717, 1.165) is 12.8 Å². The van der Waals surface area contributed by atoms with Crippen LogP contribution in [-0.4, -0.2) is 21.9 Å². The Morgan fingerprint density at radius 2 is 1.87 bits per heavy atom. The number of amides is 1. The fraction of sp³-hybridized carbons (Fsp3) is 0.389. The summed E-state index contributed by atoms with van der Waals surface area (Å²) in [7, 11) is 0. The van der Waals surface area contributed by atoms with Crippen molar-refractivity contribution in [1.29, 1.82) is 0 Å². The van der Waals surface area contributed by atoms with Crippen LogP contribution in [0, 0.1) is 6.92 Å². The van der Waals surface area contributed by atoms with Gasteiger partial charge in [0, 0.05) is 12.6 Å². The molecule has 1 amide bonds. The third-order valence-corrected chi connectivity index (χ3v) is 4.17. The number of rotatable bonds is 5. The number of nitrogens with one attached hydrogen (secondary N) is 2. The highest BCUT2D eigenvalue weighted by molar-refractivity contribution is 5.92. The lowest BCUT2D eigenvalue weighted by molar-refractivity contribution is 0.0932. The first-order valence-electron chi connectivity index (χ1n) is 8.13. The number of anilines is 1. The van der Waals surface area contributed by atoms with Crippen LogP contribution in [-0.2, 0) is 6.54 Å². The third-order valence-electron chi connectivity index (χ3n) is 4.17. The van der Waals surface area contributed by atoms with Gasteiger partial charge >= 0.3 is 0 Å². The lowest BCUT2D eigenvalue weighted by Crippen LogP contribution is -2.33. The second-order valence-electron chi connectivity index (χ2n) is 6.08.